The number of anilines is 3. The third-order valence-electron chi connectivity index (χ3n) is 10.3. The Morgan fingerprint density at radius 1 is 0.436 bits per heavy atom. The van der Waals surface area contributed by atoms with E-state index in [1.165, 1.54) is 0 Å². The van der Waals surface area contributed by atoms with Crippen LogP contribution in [0.3, 0.4) is 0 Å². The highest BCUT2D eigenvalue weighted by Gasteiger charge is 2.26. The Hall–Kier alpha value is -7.57. The number of fused-ring (bicyclic) bond motifs is 6. The number of hydrogen-bond acceptors (Lipinski definition) is 6. The zero-order valence-corrected chi connectivity index (χ0v) is 29.4. The molecule has 0 N–H and O–H groups in total. The SMILES string of the molecule is c1ccc(-c2nc(-c3cc(-c4cccc5ncccc45)cc(N4c5ccccc5Oc5ccccc54)c3)cc(-c3ccc4oc5ccccc5c4c3)n2)cc1. The molecule has 1 aliphatic heterocycles. The van der Waals surface area contributed by atoms with Gasteiger partial charge in [-0.1, -0.05) is 91.0 Å². The maximum absolute atomic E-state index is 6.42. The summed E-state index contributed by atoms with van der Waals surface area (Å²) >= 11 is 0. The lowest BCUT2D eigenvalue weighted by molar-refractivity contribution is 0.477. The van der Waals surface area contributed by atoms with Crippen LogP contribution in [-0.4, -0.2) is 15.0 Å². The zero-order chi connectivity index (χ0) is 36.3. The van der Waals surface area contributed by atoms with Crippen molar-refractivity contribution in [2.75, 3.05) is 4.90 Å². The second-order valence-corrected chi connectivity index (χ2v) is 13.7. The van der Waals surface area contributed by atoms with E-state index in [4.69, 9.17) is 24.1 Å². The molecule has 4 heterocycles. The third-order valence-corrected chi connectivity index (χ3v) is 10.3. The van der Waals surface area contributed by atoms with Gasteiger partial charge in [-0.25, -0.2) is 9.97 Å². The molecule has 55 heavy (non-hydrogen) atoms. The predicted molar refractivity (Wildman–Crippen MR) is 221 cm³/mol. The Morgan fingerprint density at radius 3 is 1.96 bits per heavy atom. The van der Waals surface area contributed by atoms with Crippen LogP contribution in [0.5, 0.6) is 11.5 Å². The quantitative estimate of drug-likeness (QED) is 0.177. The highest BCUT2D eigenvalue weighted by Crippen LogP contribution is 2.51. The van der Waals surface area contributed by atoms with Gasteiger partial charge in [0, 0.05) is 44.7 Å². The van der Waals surface area contributed by atoms with Crippen LogP contribution >= 0.6 is 0 Å². The molecule has 1 aliphatic rings. The van der Waals surface area contributed by atoms with Crippen LogP contribution in [0.2, 0.25) is 0 Å². The molecule has 6 nitrogen and oxygen atoms in total. The number of para-hydroxylation sites is 5. The normalized spacial score (nSPS) is 12.1. The van der Waals surface area contributed by atoms with Gasteiger partial charge in [-0.05, 0) is 96.1 Å². The second kappa shape index (κ2) is 12.5. The summed E-state index contributed by atoms with van der Waals surface area (Å²) in [6.45, 7) is 0. The minimum absolute atomic E-state index is 0.647. The molecule has 7 aromatic carbocycles. The van der Waals surface area contributed by atoms with Crippen LogP contribution in [0.15, 0.2) is 187 Å². The number of hydrogen-bond donors (Lipinski definition) is 0. The summed E-state index contributed by atoms with van der Waals surface area (Å²) in [5.74, 6) is 2.23. The number of furan rings is 1. The standard InChI is InChI=1S/C49H30N4O2/c1-2-12-31(13-3-1)49-51-41(32-23-24-46-39(29-32)38-14-4-7-20-45(38)54-46)30-42(52-49)34-26-33(36-15-10-17-40-37(36)16-11-25-50-40)27-35(28-34)53-43-18-5-8-21-47(43)55-48-22-9-6-19-44(48)53/h1-30H. The molecule has 0 saturated carbocycles. The number of ether oxygens (including phenoxy) is 1. The fraction of sp³-hybridized carbons (Fsp3) is 0. The van der Waals surface area contributed by atoms with Crippen LogP contribution < -0.4 is 9.64 Å². The molecular weight excluding hydrogens is 677 g/mol. The van der Waals surface area contributed by atoms with E-state index in [2.05, 4.69) is 95.9 Å². The average Bonchev–Trinajstić information content (AvgIpc) is 3.63. The van der Waals surface area contributed by atoms with Gasteiger partial charge in [0.2, 0.25) is 0 Å². The lowest BCUT2D eigenvalue weighted by Gasteiger charge is -2.33. The molecule has 0 bridgehead atoms. The van der Waals surface area contributed by atoms with Crippen molar-refractivity contribution in [3.8, 4) is 56.5 Å². The molecule has 3 aromatic heterocycles. The summed E-state index contributed by atoms with van der Waals surface area (Å²) in [5.41, 5.74) is 12.1. The fourth-order valence-corrected chi connectivity index (χ4v) is 7.73. The fourth-order valence-electron chi connectivity index (χ4n) is 7.73. The second-order valence-electron chi connectivity index (χ2n) is 13.7. The Balaban J connectivity index is 1.17. The van der Waals surface area contributed by atoms with Gasteiger partial charge >= 0.3 is 0 Å². The van der Waals surface area contributed by atoms with Gasteiger partial charge in [0.05, 0.1) is 28.3 Å². The molecule has 0 fully saturated rings. The molecule has 0 spiro atoms. The van der Waals surface area contributed by atoms with E-state index < -0.39 is 0 Å². The molecule has 0 radical (unpaired) electrons. The van der Waals surface area contributed by atoms with Gasteiger partial charge in [-0.2, -0.15) is 0 Å². The van der Waals surface area contributed by atoms with Crippen molar-refractivity contribution in [1.29, 1.82) is 0 Å². The van der Waals surface area contributed by atoms with E-state index in [0.29, 0.717) is 5.82 Å². The summed E-state index contributed by atoms with van der Waals surface area (Å²) in [4.78, 5) is 17.4. The summed E-state index contributed by atoms with van der Waals surface area (Å²) in [5, 5.41) is 3.20. The van der Waals surface area contributed by atoms with Crippen LogP contribution in [0.1, 0.15) is 0 Å². The molecule has 11 rings (SSSR count). The van der Waals surface area contributed by atoms with Gasteiger partial charge in [-0.15, -0.1) is 0 Å². The summed E-state index contributed by atoms with van der Waals surface area (Å²) < 4.78 is 12.6. The van der Waals surface area contributed by atoms with E-state index in [-0.39, 0.29) is 0 Å². The Bertz CT molecular complexity index is 3050. The topological polar surface area (TPSA) is 64.3 Å². The molecule has 258 valence electrons. The Kier molecular flexibility index (Phi) is 7.07. The van der Waals surface area contributed by atoms with Crippen molar-refractivity contribution in [2.24, 2.45) is 0 Å². The van der Waals surface area contributed by atoms with E-state index in [1.54, 1.807) is 0 Å². The highest BCUT2D eigenvalue weighted by atomic mass is 16.5. The number of aromatic nitrogens is 3. The van der Waals surface area contributed by atoms with E-state index in [0.717, 1.165) is 101 Å². The molecule has 0 atom stereocenters. The highest BCUT2D eigenvalue weighted by molar-refractivity contribution is 6.06. The maximum Gasteiger partial charge on any atom is 0.160 e. The van der Waals surface area contributed by atoms with E-state index >= 15 is 0 Å². The third kappa shape index (κ3) is 5.31. The van der Waals surface area contributed by atoms with Gasteiger partial charge < -0.3 is 14.1 Å². The molecule has 0 saturated heterocycles. The van der Waals surface area contributed by atoms with Crippen molar-refractivity contribution in [3.63, 3.8) is 0 Å². The van der Waals surface area contributed by atoms with E-state index in [9.17, 15) is 0 Å². The van der Waals surface area contributed by atoms with Crippen molar-refractivity contribution in [3.05, 3.63) is 182 Å². The Morgan fingerprint density at radius 2 is 1.13 bits per heavy atom. The molecule has 0 aliphatic carbocycles. The van der Waals surface area contributed by atoms with Crippen molar-refractivity contribution in [1.82, 2.24) is 15.0 Å². The van der Waals surface area contributed by atoms with E-state index in [1.807, 2.05) is 91.1 Å². The first-order valence-electron chi connectivity index (χ1n) is 18.3. The lowest BCUT2D eigenvalue weighted by atomic mass is 9.95. The minimum atomic E-state index is 0.647. The smallest absolute Gasteiger partial charge is 0.160 e. The van der Waals surface area contributed by atoms with Gasteiger partial charge in [-0.3, -0.25) is 4.98 Å². The van der Waals surface area contributed by atoms with Crippen LogP contribution in [-0.2, 0) is 0 Å². The number of benzene rings is 7. The maximum atomic E-state index is 6.42. The molecule has 6 heteroatoms. The van der Waals surface area contributed by atoms with Gasteiger partial charge in [0.25, 0.3) is 0 Å². The van der Waals surface area contributed by atoms with Gasteiger partial charge in [0.1, 0.15) is 11.2 Å². The first-order valence-corrected chi connectivity index (χ1v) is 18.3. The largest absolute Gasteiger partial charge is 0.456 e. The van der Waals surface area contributed by atoms with Crippen LogP contribution in [0.4, 0.5) is 17.1 Å². The Labute approximate surface area is 316 Å². The first-order chi connectivity index (χ1) is 27.2. The number of rotatable bonds is 5. The zero-order valence-electron chi connectivity index (χ0n) is 29.4. The molecule has 0 amide bonds. The number of nitrogens with zero attached hydrogens (tertiary/aromatic N) is 4. The number of pyridine rings is 1. The van der Waals surface area contributed by atoms with Crippen LogP contribution in [0.25, 0.3) is 77.9 Å². The van der Waals surface area contributed by atoms with Crippen molar-refractivity contribution in [2.45, 2.75) is 0 Å². The average molecular weight is 707 g/mol. The van der Waals surface area contributed by atoms with Crippen molar-refractivity contribution < 1.29 is 9.15 Å². The molecular formula is C49H30N4O2. The van der Waals surface area contributed by atoms with Gasteiger partial charge in [0.15, 0.2) is 17.3 Å². The van der Waals surface area contributed by atoms with Crippen molar-refractivity contribution >= 4 is 49.9 Å². The summed E-state index contributed by atoms with van der Waals surface area (Å²) in [6, 6.07) is 60.2. The predicted octanol–water partition coefficient (Wildman–Crippen LogP) is 13.2. The molecule has 0 unspecified atom stereocenters. The monoisotopic (exact) mass is 706 g/mol. The molecule has 10 aromatic rings. The van der Waals surface area contributed by atoms with Crippen LogP contribution in [0, 0.1) is 0 Å². The first kappa shape index (κ1) is 31.0. The minimum Gasteiger partial charge on any atom is -0.456 e. The summed E-state index contributed by atoms with van der Waals surface area (Å²) in [7, 11) is 0. The lowest BCUT2D eigenvalue weighted by Crippen LogP contribution is -2.15. The summed E-state index contributed by atoms with van der Waals surface area (Å²) in [6.07, 6.45) is 1.84.